The Balaban J connectivity index is -0.000000121. The predicted molar refractivity (Wildman–Crippen MR) is 350 cm³/mol. The van der Waals surface area contributed by atoms with Crippen LogP contribution in [0.2, 0.25) is 0 Å². The SMILES string of the molecule is C=C(CCC)OC1CCC2C(CCC(C)C2CCC(C)(C)C(CCC)CCCCC(C)C)C1.C=C(CCCCCC)C(CCCC)NC.CC.CC.CC.CC.CC.CCC.CCC.CCCCCC.CCN. The molecule has 0 aromatic heterocycles. The van der Waals surface area contributed by atoms with E-state index in [1.54, 1.807) is 0 Å². The van der Waals surface area contributed by atoms with Gasteiger partial charge in [-0.25, -0.2) is 0 Å². The highest BCUT2D eigenvalue weighted by atomic mass is 16.5. The van der Waals surface area contributed by atoms with Gasteiger partial charge in [0, 0.05) is 12.5 Å². The van der Waals surface area contributed by atoms with Crippen molar-refractivity contribution in [2.45, 2.75) is 378 Å². The van der Waals surface area contributed by atoms with Crippen LogP contribution in [0.25, 0.3) is 0 Å². The topological polar surface area (TPSA) is 47.3 Å². The molecule has 0 amide bonds. The molecule has 2 fully saturated rings. The second-order valence-corrected chi connectivity index (χ2v) is 21.2. The minimum Gasteiger partial charge on any atom is -0.495 e. The Morgan fingerprint density at radius 1 is 0.575 bits per heavy atom. The number of likely N-dealkylation sites (N-methyl/N-ethyl adjacent to an activating group) is 1. The molecule has 2 aliphatic carbocycles. The normalized spacial score (nSPS) is 17.6. The molecule has 3 nitrogen and oxygen atoms in total. The molecular formula is C70H156N2O. The summed E-state index contributed by atoms with van der Waals surface area (Å²) >= 11 is 0. The van der Waals surface area contributed by atoms with Crippen LogP contribution in [0.3, 0.4) is 0 Å². The molecule has 452 valence electrons. The molecule has 0 heterocycles. The van der Waals surface area contributed by atoms with E-state index < -0.39 is 0 Å². The molecule has 7 atom stereocenters. The largest absolute Gasteiger partial charge is 0.495 e. The molecule has 3 N–H and O–H groups in total. The van der Waals surface area contributed by atoms with Crippen LogP contribution in [-0.4, -0.2) is 25.7 Å². The average molecular weight is 1040 g/mol. The van der Waals surface area contributed by atoms with E-state index in [0.29, 0.717) is 17.6 Å². The number of hydrogen-bond donors (Lipinski definition) is 2. The number of unbranched alkanes of at least 4 members (excludes halogenated alkanes) is 8. The zero-order valence-electron chi connectivity index (χ0n) is 57.2. The Morgan fingerprint density at radius 2 is 1.04 bits per heavy atom. The fourth-order valence-corrected chi connectivity index (χ4v) is 9.81. The molecule has 3 heteroatoms. The van der Waals surface area contributed by atoms with Gasteiger partial charge in [-0.3, -0.25) is 0 Å². The van der Waals surface area contributed by atoms with E-state index in [9.17, 15) is 0 Å². The number of ether oxygens (including phenoxy) is 1. The number of nitrogens with one attached hydrogen (secondary N) is 1. The second-order valence-electron chi connectivity index (χ2n) is 21.2. The van der Waals surface area contributed by atoms with Crippen LogP contribution >= 0.6 is 0 Å². The summed E-state index contributed by atoms with van der Waals surface area (Å²) in [6.45, 7) is 65.6. The number of fused-ring (bicyclic) bond motifs is 1. The molecule has 7 unspecified atom stereocenters. The summed E-state index contributed by atoms with van der Waals surface area (Å²) in [7, 11) is 2.05. The minimum atomic E-state index is 0.440. The van der Waals surface area contributed by atoms with Crippen LogP contribution < -0.4 is 11.1 Å². The van der Waals surface area contributed by atoms with Crippen molar-refractivity contribution in [2.24, 2.45) is 46.7 Å². The molecule has 0 radical (unpaired) electrons. The molecule has 0 aromatic carbocycles. The molecule has 2 aliphatic rings. The molecule has 0 spiro atoms. The third-order valence-corrected chi connectivity index (χ3v) is 13.6. The van der Waals surface area contributed by atoms with Crippen LogP contribution in [0.5, 0.6) is 0 Å². The van der Waals surface area contributed by atoms with Crippen LogP contribution in [0, 0.1) is 40.9 Å². The summed E-state index contributed by atoms with van der Waals surface area (Å²) in [4.78, 5) is 0. The van der Waals surface area contributed by atoms with Crippen LogP contribution in [0.15, 0.2) is 24.5 Å². The third kappa shape index (κ3) is 63.6. The van der Waals surface area contributed by atoms with E-state index in [1.165, 1.54) is 179 Å². The standard InChI is InChI=1S/C32H60O.C14H29N.C6H14.2C3H8.C2H7N.5C2H6/c1-9-13-26(6)33-29-19-20-31-27(23-29)18-17-25(5)30(31)21-22-32(7,8)28(14-10-2)16-12-11-15-24(3)4;1-5-7-9-10-11-13(3)14(15-4)12-8-6-2;1-3-5-6-4-2;2*1-3-2;1-2-3;5*1-2/h24-25,27-31H,6,9-23H2,1-5,7-8H3;14-15H,3,5-12H2,1-2,4H3;3-6H2,1-2H3;2*3H2,1-2H3;2-3H2,1H3;5*1-2H3. The van der Waals surface area contributed by atoms with E-state index in [0.717, 1.165) is 60.7 Å². The summed E-state index contributed by atoms with van der Waals surface area (Å²) < 4.78 is 6.28. The lowest BCUT2D eigenvalue weighted by molar-refractivity contribution is -0.0214. The zero-order valence-corrected chi connectivity index (χ0v) is 57.2. The fraction of sp³-hybridized carbons (Fsp3) is 0.943. The zero-order chi connectivity index (χ0) is 58.9. The highest BCUT2D eigenvalue weighted by molar-refractivity contribution is 5.05. The maximum atomic E-state index is 6.28. The van der Waals surface area contributed by atoms with Crippen molar-refractivity contribution in [3.8, 4) is 0 Å². The van der Waals surface area contributed by atoms with Gasteiger partial charge in [0.2, 0.25) is 0 Å². The lowest BCUT2D eigenvalue weighted by Crippen LogP contribution is -2.40. The second kappa shape index (κ2) is 77.7. The molecule has 73 heavy (non-hydrogen) atoms. The molecule has 0 saturated heterocycles. The summed E-state index contributed by atoms with van der Waals surface area (Å²) in [5.41, 5.74) is 6.74. The van der Waals surface area contributed by atoms with E-state index in [4.69, 9.17) is 10.5 Å². The Kier molecular flexibility index (Phi) is 97.5. The van der Waals surface area contributed by atoms with Gasteiger partial charge in [-0.1, -0.05) is 308 Å². The molecule has 0 bridgehead atoms. The summed E-state index contributed by atoms with van der Waals surface area (Å²) in [6.07, 6.45) is 39.2. The van der Waals surface area contributed by atoms with Gasteiger partial charge >= 0.3 is 0 Å². The van der Waals surface area contributed by atoms with E-state index in [2.05, 4.69) is 129 Å². The van der Waals surface area contributed by atoms with Crippen molar-refractivity contribution >= 4 is 0 Å². The first-order chi connectivity index (χ1) is 35.1. The van der Waals surface area contributed by atoms with Gasteiger partial charge in [0.05, 0.1) is 11.9 Å². The van der Waals surface area contributed by atoms with Gasteiger partial charge in [-0.15, -0.1) is 0 Å². The average Bonchev–Trinajstić information content (AvgIpc) is 3.39. The smallest absolute Gasteiger partial charge is 0.0985 e. The van der Waals surface area contributed by atoms with Gasteiger partial charge in [-0.2, -0.15) is 0 Å². The first kappa shape index (κ1) is 91.6. The van der Waals surface area contributed by atoms with Crippen molar-refractivity contribution in [2.75, 3.05) is 13.6 Å². The van der Waals surface area contributed by atoms with Crippen molar-refractivity contribution in [3.05, 3.63) is 24.5 Å². The molecule has 0 aromatic rings. The van der Waals surface area contributed by atoms with Gasteiger partial charge in [0.1, 0.15) is 0 Å². The Morgan fingerprint density at radius 3 is 1.47 bits per heavy atom. The van der Waals surface area contributed by atoms with Gasteiger partial charge in [-0.05, 0) is 125 Å². The van der Waals surface area contributed by atoms with Crippen LogP contribution in [0.1, 0.15) is 366 Å². The van der Waals surface area contributed by atoms with Gasteiger partial charge < -0.3 is 15.8 Å². The quantitative estimate of drug-likeness (QED) is 0.0466. The highest BCUT2D eigenvalue weighted by Crippen LogP contribution is 2.50. The number of hydrogen-bond acceptors (Lipinski definition) is 3. The van der Waals surface area contributed by atoms with Crippen LogP contribution in [0.4, 0.5) is 0 Å². The summed E-state index contributed by atoms with van der Waals surface area (Å²) in [5.74, 6) is 6.46. The third-order valence-electron chi connectivity index (χ3n) is 13.6. The van der Waals surface area contributed by atoms with Crippen molar-refractivity contribution in [1.29, 1.82) is 0 Å². The minimum absolute atomic E-state index is 0.440. The maximum absolute atomic E-state index is 6.28. The number of nitrogens with two attached hydrogens (primary N) is 1. The molecule has 2 saturated carbocycles. The summed E-state index contributed by atoms with van der Waals surface area (Å²) in [5, 5.41) is 3.38. The number of rotatable bonds is 28. The lowest BCUT2D eigenvalue weighted by Gasteiger charge is -2.48. The van der Waals surface area contributed by atoms with Crippen molar-refractivity contribution in [1.82, 2.24) is 5.32 Å². The molecule has 0 aliphatic heterocycles. The molecule has 2 rings (SSSR count). The lowest BCUT2D eigenvalue weighted by atomic mass is 9.59. The van der Waals surface area contributed by atoms with E-state index in [-0.39, 0.29) is 0 Å². The first-order valence-electron chi connectivity index (χ1n) is 33.5. The Bertz CT molecular complexity index is 917. The van der Waals surface area contributed by atoms with E-state index in [1.807, 2.05) is 76.2 Å². The van der Waals surface area contributed by atoms with Gasteiger partial charge in [0.15, 0.2) is 0 Å². The maximum Gasteiger partial charge on any atom is 0.0985 e. The van der Waals surface area contributed by atoms with Gasteiger partial charge in [0.25, 0.3) is 0 Å². The number of allylic oxidation sites excluding steroid dienone is 1. The van der Waals surface area contributed by atoms with Crippen molar-refractivity contribution < 1.29 is 4.74 Å². The predicted octanol–water partition coefficient (Wildman–Crippen LogP) is 25.4. The Labute approximate surface area is 471 Å². The van der Waals surface area contributed by atoms with Crippen molar-refractivity contribution in [3.63, 3.8) is 0 Å². The Hall–Kier alpha value is -0.800. The van der Waals surface area contributed by atoms with E-state index >= 15 is 0 Å². The first-order valence-corrected chi connectivity index (χ1v) is 33.5. The fourth-order valence-electron chi connectivity index (χ4n) is 9.81. The molecular weight excluding hydrogens is 885 g/mol. The van der Waals surface area contributed by atoms with Crippen LogP contribution in [-0.2, 0) is 4.74 Å². The highest BCUT2D eigenvalue weighted by Gasteiger charge is 2.42. The summed E-state index contributed by atoms with van der Waals surface area (Å²) in [6, 6.07) is 0.548. The monoisotopic (exact) mass is 1040 g/mol.